The van der Waals surface area contributed by atoms with Crippen molar-refractivity contribution in [3.8, 4) is 0 Å². The van der Waals surface area contributed by atoms with Crippen molar-refractivity contribution in [2.45, 2.75) is 29.7 Å². The van der Waals surface area contributed by atoms with E-state index in [0.717, 1.165) is 4.88 Å². The molecule has 0 unspecified atom stereocenters. The molecular weight excluding hydrogens is 334 g/mol. The molecule has 8 heteroatoms. The summed E-state index contributed by atoms with van der Waals surface area (Å²) in [7, 11) is -1.75. The topological polar surface area (TPSA) is 72.3 Å². The minimum absolute atomic E-state index is 0.0697. The molecule has 3 heterocycles. The second-order valence-corrected chi connectivity index (χ2v) is 8.86. The fraction of sp³-hybridized carbons (Fsp3) is 0.467. The number of imidazole rings is 1. The van der Waals surface area contributed by atoms with Crippen molar-refractivity contribution in [1.82, 2.24) is 14.5 Å². The molecular formula is C15H19N3O3S2. The highest BCUT2D eigenvalue weighted by Gasteiger charge is 2.34. The molecule has 0 radical (unpaired) electrons. The first-order valence-electron chi connectivity index (χ1n) is 7.50. The Kier molecular flexibility index (Phi) is 4.54. The average Bonchev–Trinajstić information content (AvgIpc) is 3.19. The lowest BCUT2D eigenvalue weighted by Crippen LogP contribution is -2.43. The maximum absolute atomic E-state index is 12.6. The molecule has 2 aromatic heterocycles. The summed E-state index contributed by atoms with van der Waals surface area (Å²) in [6.07, 6.45) is 4.45. The highest BCUT2D eigenvalue weighted by molar-refractivity contribution is 7.91. The number of nitrogens with zero attached hydrogens (tertiary/aromatic N) is 3. The highest BCUT2D eigenvalue weighted by atomic mass is 32.2. The Morgan fingerprint density at radius 3 is 2.70 bits per heavy atom. The van der Waals surface area contributed by atoms with E-state index in [1.807, 2.05) is 17.5 Å². The van der Waals surface area contributed by atoms with Crippen molar-refractivity contribution in [3.05, 3.63) is 34.8 Å². The number of likely N-dealkylation sites (tertiary alicyclic amines) is 1. The molecule has 0 saturated carbocycles. The molecule has 0 bridgehead atoms. The molecule has 0 atom stereocenters. The second kappa shape index (κ2) is 6.45. The van der Waals surface area contributed by atoms with Crippen LogP contribution in [0.2, 0.25) is 0 Å². The summed E-state index contributed by atoms with van der Waals surface area (Å²) in [5, 5.41) is 1.60. The molecule has 2 aromatic rings. The SMILES string of the molecule is Cn1ccnc1S(=O)(=O)C1CCN(C(=O)Cc2cccs2)CC1. The Balaban J connectivity index is 1.62. The maximum atomic E-state index is 12.6. The van der Waals surface area contributed by atoms with Crippen molar-refractivity contribution < 1.29 is 13.2 Å². The van der Waals surface area contributed by atoms with E-state index >= 15 is 0 Å². The highest BCUT2D eigenvalue weighted by Crippen LogP contribution is 2.24. The zero-order valence-electron chi connectivity index (χ0n) is 12.9. The van der Waals surface area contributed by atoms with Crippen LogP contribution in [-0.2, 0) is 28.1 Å². The molecule has 1 aliphatic rings. The standard InChI is InChI=1S/C15H19N3O3S2/c1-17-9-6-16-15(17)23(20,21)13-4-7-18(8-5-13)14(19)11-12-3-2-10-22-12/h2-3,6,9-10,13H,4-5,7-8,11H2,1H3. The van der Waals surface area contributed by atoms with Crippen LogP contribution in [0.25, 0.3) is 0 Å². The first kappa shape index (κ1) is 16.2. The summed E-state index contributed by atoms with van der Waals surface area (Å²) >= 11 is 1.57. The van der Waals surface area contributed by atoms with Crippen molar-refractivity contribution in [3.63, 3.8) is 0 Å². The summed E-state index contributed by atoms with van der Waals surface area (Å²) in [4.78, 5) is 19.0. The average molecular weight is 353 g/mol. The number of amides is 1. The van der Waals surface area contributed by atoms with Gasteiger partial charge in [0.15, 0.2) is 0 Å². The quantitative estimate of drug-likeness (QED) is 0.835. The largest absolute Gasteiger partial charge is 0.342 e. The minimum atomic E-state index is -3.43. The summed E-state index contributed by atoms with van der Waals surface area (Å²) in [5.74, 6) is 0.0697. The minimum Gasteiger partial charge on any atom is -0.342 e. The predicted molar refractivity (Wildman–Crippen MR) is 88.0 cm³/mol. The number of sulfone groups is 1. The molecule has 0 N–H and O–H groups in total. The van der Waals surface area contributed by atoms with Gasteiger partial charge in [0.25, 0.3) is 0 Å². The molecule has 1 amide bonds. The van der Waals surface area contributed by atoms with Crippen molar-refractivity contribution >= 4 is 27.1 Å². The summed E-state index contributed by atoms with van der Waals surface area (Å²) in [6, 6.07) is 3.87. The Labute approximate surface area is 139 Å². The molecule has 23 heavy (non-hydrogen) atoms. The number of carbonyl (C=O) groups is 1. The molecule has 0 aromatic carbocycles. The molecule has 6 nitrogen and oxygen atoms in total. The van der Waals surface area contributed by atoms with E-state index in [9.17, 15) is 13.2 Å². The number of hydrogen-bond acceptors (Lipinski definition) is 5. The summed E-state index contributed by atoms with van der Waals surface area (Å²) in [6.45, 7) is 0.969. The fourth-order valence-electron chi connectivity index (χ4n) is 2.86. The third kappa shape index (κ3) is 3.32. The van der Waals surface area contributed by atoms with Crippen LogP contribution in [0.3, 0.4) is 0 Å². The Bertz CT molecular complexity index is 773. The normalized spacial score (nSPS) is 16.7. The third-order valence-corrected chi connectivity index (χ3v) is 7.30. The van der Waals surface area contributed by atoms with Crippen LogP contribution in [0.4, 0.5) is 0 Å². The zero-order valence-corrected chi connectivity index (χ0v) is 14.5. The summed E-state index contributed by atoms with van der Waals surface area (Å²) < 4.78 is 26.8. The molecule has 1 aliphatic heterocycles. The maximum Gasteiger partial charge on any atom is 0.227 e. The van der Waals surface area contributed by atoms with Gasteiger partial charge in [0.2, 0.25) is 20.9 Å². The Morgan fingerprint density at radius 1 is 1.39 bits per heavy atom. The summed E-state index contributed by atoms with van der Waals surface area (Å²) in [5.41, 5.74) is 0. The lowest BCUT2D eigenvalue weighted by molar-refractivity contribution is -0.131. The van der Waals surface area contributed by atoms with Gasteiger partial charge in [-0.2, -0.15) is 0 Å². The lowest BCUT2D eigenvalue weighted by atomic mass is 10.1. The van der Waals surface area contributed by atoms with Gasteiger partial charge in [-0.15, -0.1) is 11.3 Å². The lowest BCUT2D eigenvalue weighted by Gasteiger charge is -2.31. The van der Waals surface area contributed by atoms with Crippen LogP contribution >= 0.6 is 11.3 Å². The van der Waals surface area contributed by atoms with Crippen LogP contribution in [0.1, 0.15) is 17.7 Å². The van der Waals surface area contributed by atoms with Gasteiger partial charge < -0.3 is 9.47 Å². The van der Waals surface area contributed by atoms with Gasteiger partial charge in [-0.05, 0) is 24.3 Å². The van der Waals surface area contributed by atoms with Crippen LogP contribution in [-0.4, -0.2) is 47.1 Å². The smallest absolute Gasteiger partial charge is 0.227 e. The van der Waals surface area contributed by atoms with Gasteiger partial charge in [0, 0.05) is 37.4 Å². The zero-order chi connectivity index (χ0) is 16.4. The number of thiophene rings is 1. The number of hydrogen-bond donors (Lipinski definition) is 0. The van der Waals surface area contributed by atoms with E-state index in [1.165, 1.54) is 10.8 Å². The van der Waals surface area contributed by atoms with E-state index in [-0.39, 0.29) is 11.1 Å². The van der Waals surface area contributed by atoms with Gasteiger partial charge in [0.05, 0.1) is 11.7 Å². The molecule has 1 saturated heterocycles. The number of aromatic nitrogens is 2. The van der Waals surface area contributed by atoms with Crippen LogP contribution in [0.15, 0.2) is 35.1 Å². The molecule has 3 rings (SSSR count). The Hall–Kier alpha value is -1.67. The first-order chi connectivity index (χ1) is 11.0. The molecule has 0 spiro atoms. The number of piperidine rings is 1. The van der Waals surface area contributed by atoms with E-state index in [1.54, 1.807) is 29.5 Å². The van der Waals surface area contributed by atoms with Crippen LogP contribution in [0, 0.1) is 0 Å². The van der Waals surface area contributed by atoms with Gasteiger partial charge in [-0.1, -0.05) is 6.07 Å². The van der Waals surface area contributed by atoms with E-state index < -0.39 is 15.1 Å². The number of rotatable bonds is 4. The Morgan fingerprint density at radius 2 is 2.13 bits per heavy atom. The van der Waals surface area contributed by atoms with Crippen LogP contribution in [0.5, 0.6) is 0 Å². The molecule has 124 valence electrons. The second-order valence-electron chi connectivity index (χ2n) is 5.70. The number of aryl methyl sites for hydroxylation is 1. The van der Waals surface area contributed by atoms with Gasteiger partial charge in [0.1, 0.15) is 0 Å². The molecule has 1 fully saturated rings. The van der Waals surface area contributed by atoms with Gasteiger partial charge in [-0.25, -0.2) is 13.4 Å². The van der Waals surface area contributed by atoms with Gasteiger partial charge >= 0.3 is 0 Å². The van der Waals surface area contributed by atoms with E-state index in [2.05, 4.69) is 4.98 Å². The van der Waals surface area contributed by atoms with Crippen molar-refractivity contribution in [1.29, 1.82) is 0 Å². The van der Waals surface area contributed by atoms with Gasteiger partial charge in [-0.3, -0.25) is 4.79 Å². The van der Waals surface area contributed by atoms with Crippen molar-refractivity contribution in [2.75, 3.05) is 13.1 Å². The number of carbonyl (C=O) groups excluding carboxylic acids is 1. The van der Waals surface area contributed by atoms with Crippen molar-refractivity contribution in [2.24, 2.45) is 7.05 Å². The predicted octanol–water partition coefficient (Wildman–Crippen LogP) is 1.49. The first-order valence-corrected chi connectivity index (χ1v) is 9.92. The third-order valence-electron chi connectivity index (χ3n) is 4.17. The monoisotopic (exact) mass is 353 g/mol. The molecule has 0 aliphatic carbocycles. The van der Waals surface area contributed by atoms with E-state index in [0.29, 0.717) is 32.4 Å². The van der Waals surface area contributed by atoms with E-state index in [4.69, 9.17) is 0 Å². The van der Waals surface area contributed by atoms with Crippen LogP contribution < -0.4 is 0 Å². The fourth-order valence-corrected chi connectivity index (χ4v) is 5.36.